The summed E-state index contributed by atoms with van der Waals surface area (Å²) in [6.07, 6.45) is 0. The Morgan fingerprint density at radius 2 is 1.66 bits per heavy atom. The Labute approximate surface area is 175 Å². The molecular formula is C22H26N2O4S. The molecule has 7 heteroatoms. The first kappa shape index (κ1) is 22.5. The van der Waals surface area contributed by atoms with Crippen molar-refractivity contribution in [1.82, 2.24) is 4.90 Å². The molecule has 2 aromatic rings. The van der Waals surface area contributed by atoms with E-state index in [9.17, 15) is 14.4 Å². The fourth-order valence-corrected chi connectivity index (χ4v) is 3.46. The van der Waals surface area contributed by atoms with Crippen LogP contribution >= 0.6 is 11.8 Å². The van der Waals surface area contributed by atoms with Crippen LogP contribution in [0.2, 0.25) is 0 Å². The first-order chi connectivity index (χ1) is 13.9. The van der Waals surface area contributed by atoms with Crippen molar-refractivity contribution in [3.8, 4) is 0 Å². The van der Waals surface area contributed by atoms with Crippen molar-refractivity contribution in [3.63, 3.8) is 0 Å². The SMILES string of the molecule is CCN(CC)C(=O)c1ccc(NC(=O)COC(=O)CSc2ccccc2C)cc1. The van der Waals surface area contributed by atoms with Gasteiger partial charge in [0.25, 0.3) is 11.8 Å². The summed E-state index contributed by atoms with van der Waals surface area (Å²) in [4.78, 5) is 38.9. The highest BCUT2D eigenvalue weighted by Crippen LogP contribution is 2.21. The second kappa shape index (κ2) is 11.3. The van der Waals surface area contributed by atoms with Crippen LogP contribution in [0.1, 0.15) is 29.8 Å². The molecule has 29 heavy (non-hydrogen) atoms. The van der Waals surface area contributed by atoms with Crippen molar-refractivity contribution in [2.45, 2.75) is 25.7 Å². The van der Waals surface area contributed by atoms with E-state index in [4.69, 9.17) is 4.74 Å². The standard InChI is InChI=1S/C22H26N2O4S/c1-4-24(5-2)22(27)17-10-12-18(13-11-17)23-20(25)14-28-21(26)15-29-19-9-7-6-8-16(19)3/h6-13H,4-5,14-15H2,1-3H3,(H,23,25). The minimum Gasteiger partial charge on any atom is -0.455 e. The molecule has 0 bridgehead atoms. The summed E-state index contributed by atoms with van der Waals surface area (Å²) in [6.45, 7) is 6.76. The highest BCUT2D eigenvalue weighted by Gasteiger charge is 2.13. The van der Waals surface area contributed by atoms with Crippen LogP contribution in [0.15, 0.2) is 53.4 Å². The largest absolute Gasteiger partial charge is 0.455 e. The Hall–Kier alpha value is -2.80. The maximum atomic E-state index is 12.3. The summed E-state index contributed by atoms with van der Waals surface area (Å²) in [6, 6.07) is 14.4. The molecule has 0 unspecified atom stereocenters. The number of hydrogen-bond donors (Lipinski definition) is 1. The van der Waals surface area contributed by atoms with Gasteiger partial charge in [-0.25, -0.2) is 0 Å². The maximum Gasteiger partial charge on any atom is 0.316 e. The number of anilines is 1. The third-order valence-corrected chi connectivity index (χ3v) is 5.42. The van der Waals surface area contributed by atoms with E-state index in [1.165, 1.54) is 11.8 Å². The number of rotatable bonds is 9. The lowest BCUT2D eigenvalue weighted by molar-refractivity contribution is -0.144. The zero-order chi connectivity index (χ0) is 21.2. The van der Waals surface area contributed by atoms with Gasteiger partial charge in [-0.15, -0.1) is 11.8 Å². The Kier molecular flexibility index (Phi) is 8.73. The Morgan fingerprint density at radius 3 is 2.28 bits per heavy atom. The van der Waals surface area contributed by atoms with Gasteiger partial charge < -0.3 is 15.0 Å². The number of carbonyl (C=O) groups excluding carboxylic acids is 3. The van der Waals surface area contributed by atoms with Gasteiger partial charge in [0.05, 0.1) is 5.75 Å². The average Bonchev–Trinajstić information content (AvgIpc) is 2.73. The van der Waals surface area contributed by atoms with E-state index in [0.29, 0.717) is 24.3 Å². The molecule has 0 heterocycles. The van der Waals surface area contributed by atoms with E-state index in [2.05, 4.69) is 5.32 Å². The van der Waals surface area contributed by atoms with Crippen molar-refractivity contribution in [2.75, 3.05) is 30.8 Å². The van der Waals surface area contributed by atoms with Gasteiger partial charge in [-0.3, -0.25) is 14.4 Å². The minimum atomic E-state index is -0.450. The number of carbonyl (C=O) groups is 3. The Balaban J connectivity index is 1.78. The van der Waals surface area contributed by atoms with Crippen LogP contribution < -0.4 is 5.32 Å². The van der Waals surface area contributed by atoms with Gasteiger partial charge in [0.1, 0.15) is 0 Å². The molecule has 154 valence electrons. The molecule has 0 aliphatic carbocycles. The summed E-state index contributed by atoms with van der Waals surface area (Å²) in [5, 5.41) is 2.66. The second-order valence-corrected chi connectivity index (χ2v) is 7.34. The number of nitrogens with zero attached hydrogens (tertiary/aromatic N) is 1. The van der Waals surface area contributed by atoms with Gasteiger partial charge in [0.2, 0.25) is 0 Å². The van der Waals surface area contributed by atoms with Crippen LogP contribution in [0.3, 0.4) is 0 Å². The molecule has 0 aliphatic rings. The average molecular weight is 415 g/mol. The smallest absolute Gasteiger partial charge is 0.316 e. The molecule has 2 aromatic carbocycles. The molecule has 0 fully saturated rings. The van der Waals surface area contributed by atoms with Crippen molar-refractivity contribution < 1.29 is 19.1 Å². The monoisotopic (exact) mass is 414 g/mol. The van der Waals surface area contributed by atoms with Gasteiger partial charge >= 0.3 is 5.97 Å². The van der Waals surface area contributed by atoms with E-state index in [1.54, 1.807) is 29.2 Å². The van der Waals surface area contributed by atoms with E-state index >= 15 is 0 Å². The van der Waals surface area contributed by atoms with Crippen molar-refractivity contribution in [2.24, 2.45) is 0 Å². The van der Waals surface area contributed by atoms with Gasteiger partial charge in [0, 0.05) is 29.2 Å². The maximum absolute atomic E-state index is 12.3. The molecule has 0 atom stereocenters. The third kappa shape index (κ3) is 6.94. The number of benzene rings is 2. The molecule has 0 radical (unpaired) electrons. The first-order valence-electron chi connectivity index (χ1n) is 9.47. The van der Waals surface area contributed by atoms with E-state index in [-0.39, 0.29) is 18.3 Å². The normalized spacial score (nSPS) is 10.3. The van der Waals surface area contributed by atoms with Crippen LogP contribution in [0.4, 0.5) is 5.69 Å². The van der Waals surface area contributed by atoms with Crippen molar-refractivity contribution in [1.29, 1.82) is 0 Å². The summed E-state index contributed by atoms with van der Waals surface area (Å²) in [5.41, 5.74) is 2.19. The molecule has 2 amide bonds. The number of esters is 1. The summed E-state index contributed by atoms with van der Waals surface area (Å²) >= 11 is 1.38. The highest BCUT2D eigenvalue weighted by molar-refractivity contribution is 8.00. The van der Waals surface area contributed by atoms with Crippen molar-refractivity contribution >= 4 is 35.2 Å². The number of ether oxygens (including phenoxy) is 1. The molecule has 2 rings (SSSR count). The lowest BCUT2D eigenvalue weighted by Gasteiger charge is -2.18. The van der Waals surface area contributed by atoms with Crippen LogP contribution in [0.25, 0.3) is 0 Å². The molecule has 0 aromatic heterocycles. The molecule has 0 aliphatic heterocycles. The number of nitrogens with one attached hydrogen (secondary N) is 1. The summed E-state index contributed by atoms with van der Waals surface area (Å²) in [5.74, 6) is -0.788. The molecule has 0 saturated heterocycles. The van der Waals surface area contributed by atoms with Gasteiger partial charge in [-0.1, -0.05) is 18.2 Å². The Morgan fingerprint density at radius 1 is 1.00 bits per heavy atom. The Bertz CT molecular complexity index is 848. The molecule has 6 nitrogen and oxygen atoms in total. The lowest BCUT2D eigenvalue weighted by atomic mass is 10.2. The fourth-order valence-electron chi connectivity index (χ4n) is 2.63. The van der Waals surface area contributed by atoms with E-state index < -0.39 is 11.9 Å². The summed E-state index contributed by atoms with van der Waals surface area (Å²) < 4.78 is 5.03. The first-order valence-corrected chi connectivity index (χ1v) is 10.5. The number of thioether (sulfide) groups is 1. The van der Waals surface area contributed by atoms with E-state index in [1.807, 2.05) is 45.0 Å². The number of hydrogen-bond acceptors (Lipinski definition) is 5. The zero-order valence-electron chi connectivity index (χ0n) is 16.9. The topological polar surface area (TPSA) is 75.7 Å². The van der Waals surface area contributed by atoms with Gasteiger partial charge in [-0.05, 0) is 56.7 Å². The lowest BCUT2D eigenvalue weighted by Crippen LogP contribution is -2.30. The van der Waals surface area contributed by atoms with Crippen LogP contribution in [-0.4, -0.2) is 48.1 Å². The molecule has 0 saturated carbocycles. The molecular weight excluding hydrogens is 388 g/mol. The van der Waals surface area contributed by atoms with Crippen molar-refractivity contribution in [3.05, 3.63) is 59.7 Å². The van der Waals surface area contributed by atoms with Gasteiger partial charge in [-0.2, -0.15) is 0 Å². The summed E-state index contributed by atoms with van der Waals surface area (Å²) in [7, 11) is 0. The van der Waals surface area contributed by atoms with Crippen LogP contribution in [-0.2, 0) is 14.3 Å². The highest BCUT2D eigenvalue weighted by atomic mass is 32.2. The third-order valence-electron chi connectivity index (χ3n) is 4.27. The fraction of sp³-hybridized carbons (Fsp3) is 0.318. The predicted molar refractivity (Wildman–Crippen MR) is 115 cm³/mol. The minimum absolute atomic E-state index is 0.0482. The molecule has 1 N–H and O–H groups in total. The van der Waals surface area contributed by atoms with E-state index in [0.717, 1.165) is 10.5 Å². The predicted octanol–water partition coefficient (Wildman–Crippen LogP) is 3.75. The van der Waals surface area contributed by atoms with Crippen LogP contribution in [0, 0.1) is 6.92 Å². The quantitative estimate of drug-likeness (QED) is 0.500. The van der Waals surface area contributed by atoms with Crippen LogP contribution in [0.5, 0.6) is 0 Å². The molecule has 0 spiro atoms. The number of amides is 2. The second-order valence-electron chi connectivity index (χ2n) is 6.32. The zero-order valence-corrected chi connectivity index (χ0v) is 17.8. The van der Waals surface area contributed by atoms with Gasteiger partial charge in [0.15, 0.2) is 6.61 Å². The number of aryl methyl sites for hydroxylation is 1.